The van der Waals surface area contributed by atoms with E-state index in [1.807, 2.05) is 25.1 Å². The Balaban J connectivity index is 2.90. The third-order valence-corrected chi connectivity index (χ3v) is 1.87. The summed E-state index contributed by atoms with van der Waals surface area (Å²) in [5.41, 5.74) is 7.32. The van der Waals surface area contributed by atoms with Crippen LogP contribution in [0.4, 0.5) is 10.5 Å². The first-order valence-electron chi connectivity index (χ1n) is 4.34. The van der Waals surface area contributed by atoms with E-state index in [9.17, 15) is 4.79 Å². The summed E-state index contributed by atoms with van der Waals surface area (Å²) >= 11 is 0. The van der Waals surface area contributed by atoms with Crippen molar-refractivity contribution >= 4 is 11.8 Å². The number of nitrogens with one attached hydrogen (secondary N) is 1. The van der Waals surface area contributed by atoms with E-state index in [0.717, 1.165) is 5.56 Å². The van der Waals surface area contributed by atoms with Crippen molar-refractivity contribution in [3.8, 4) is 0 Å². The average Bonchev–Trinajstić information content (AvgIpc) is 2.18. The molecule has 0 saturated carbocycles. The van der Waals surface area contributed by atoms with Gasteiger partial charge >= 0.3 is 6.09 Å². The van der Waals surface area contributed by atoms with Crippen LogP contribution in [0, 0.1) is 0 Å². The number of hydrogen-bond donors (Lipinski definition) is 2. The Hall–Kier alpha value is -1.55. The van der Waals surface area contributed by atoms with Gasteiger partial charge < -0.3 is 10.5 Å². The Morgan fingerprint density at radius 3 is 2.71 bits per heavy atom. The number of carbonyl (C=O) groups is 1. The molecule has 76 valence electrons. The molecule has 1 amide bonds. The van der Waals surface area contributed by atoms with Gasteiger partial charge in [0.1, 0.15) is 0 Å². The fraction of sp³-hybridized carbons (Fsp3) is 0.300. The third-order valence-electron chi connectivity index (χ3n) is 1.87. The molecule has 0 saturated heterocycles. The van der Waals surface area contributed by atoms with Crippen LogP contribution in [0.5, 0.6) is 0 Å². The van der Waals surface area contributed by atoms with Gasteiger partial charge in [0.15, 0.2) is 0 Å². The van der Waals surface area contributed by atoms with E-state index in [0.29, 0.717) is 5.69 Å². The Labute approximate surface area is 83.1 Å². The lowest BCUT2D eigenvalue weighted by Crippen LogP contribution is -2.15. The van der Waals surface area contributed by atoms with Crippen molar-refractivity contribution in [2.75, 3.05) is 12.4 Å². The number of hydrogen-bond acceptors (Lipinski definition) is 3. The van der Waals surface area contributed by atoms with Gasteiger partial charge in [-0.15, -0.1) is 0 Å². The number of benzene rings is 1. The minimum atomic E-state index is -0.488. The molecule has 0 aliphatic rings. The van der Waals surface area contributed by atoms with Gasteiger partial charge in [-0.05, 0) is 18.6 Å². The second-order valence-electron chi connectivity index (χ2n) is 2.99. The highest BCUT2D eigenvalue weighted by atomic mass is 16.5. The molecule has 0 aliphatic heterocycles. The topological polar surface area (TPSA) is 64.3 Å². The number of amides is 1. The average molecular weight is 194 g/mol. The zero-order chi connectivity index (χ0) is 10.6. The van der Waals surface area contributed by atoms with Gasteiger partial charge in [-0.25, -0.2) is 4.79 Å². The maximum atomic E-state index is 11.0. The van der Waals surface area contributed by atoms with Gasteiger partial charge in [0.25, 0.3) is 0 Å². The van der Waals surface area contributed by atoms with Crippen molar-refractivity contribution < 1.29 is 9.53 Å². The lowest BCUT2D eigenvalue weighted by atomic mass is 10.1. The number of rotatable bonds is 2. The summed E-state index contributed by atoms with van der Waals surface area (Å²) in [6.07, 6.45) is -0.488. The first-order valence-corrected chi connectivity index (χ1v) is 4.34. The third kappa shape index (κ3) is 2.47. The van der Waals surface area contributed by atoms with E-state index in [1.54, 1.807) is 6.07 Å². The SMILES string of the molecule is COC(=O)Nc1ccccc1C(C)N. The van der Waals surface area contributed by atoms with Gasteiger partial charge in [-0.1, -0.05) is 18.2 Å². The van der Waals surface area contributed by atoms with Crippen LogP contribution >= 0.6 is 0 Å². The number of anilines is 1. The summed E-state index contributed by atoms with van der Waals surface area (Å²) < 4.78 is 4.50. The molecule has 0 radical (unpaired) electrons. The second-order valence-corrected chi connectivity index (χ2v) is 2.99. The lowest BCUT2D eigenvalue weighted by molar-refractivity contribution is 0.187. The minimum Gasteiger partial charge on any atom is -0.453 e. The zero-order valence-electron chi connectivity index (χ0n) is 8.28. The number of methoxy groups -OCH3 is 1. The second kappa shape index (κ2) is 4.62. The normalized spacial score (nSPS) is 11.9. The van der Waals surface area contributed by atoms with Crippen LogP contribution in [0.3, 0.4) is 0 Å². The van der Waals surface area contributed by atoms with Crippen molar-refractivity contribution in [3.05, 3.63) is 29.8 Å². The molecule has 1 unspecified atom stereocenters. The summed E-state index contributed by atoms with van der Waals surface area (Å²) in [7, 11) is 1.32. The van der Waals surface area contributed by atoms with E-state index in [-0.39, 0.29) is 6.04 Å². The van der Waals surface area contributed by atoms with E-state index < -0.39 is 6.09 Å². The summed E-state index contributed by atoms with van der Waals surface area (Å²) in [4.78, 5) is 11.0. The van der Waals surface area contributed by atoms with Gasteiger partial charge in [-0.3, -0.25) is 5.32 Å². The van der Waals surface area contributed by atoms with Crippen LogP contribution in [-0.2, 0) is 4.74 Å². The number of para-hydroxylation sites is 1. The molecule has 0 heterocycles. The van der Waals surface area contributed by atoms with Crippen LogP contribution < -0.4 is 11.1 Å². The molecule has 0 aromatic heterocycles. The smallest absolute Gasteiger partial charge is 0.411 e. The molecule has 0 aliphatic carbocycles. The number of nitrogens with two attached hydrogens (primary N) is 1. The minimum absolute atomic E-state index is 0.122. The van der Waals surface area contributed by atoms with Crippen LogP contribution in [0.25, 0.3) is 0 Å². The standard InChI is InChI=1S/C10H14N2O2/c1-7(11)8-5-3-4-6-9(8)12-10(13)14-2/h3-7H,11H2,1-2H3,(H,12,13). The molecule has 1 rings (SSSR count). The van der Waals surface area contributed by atoms with E-state index in [4.69, 9.17) is 5.73 Å². The van der Waals surface area contributed by atoms with Crippen LogP contribution in [0.2, 0.25) is 0 Å². The quantitative estimate of drug-likeness (QED) is 0.755. The Morgan fingerprint density at radius 1 is 1.50 bits per heavy atom. The predicted octanol–water partition coefficient (Wildman–Crippen LogP) is 1.88. The van der Waals surface area contributed by atoms with Gasteiger partial charge in [-0.2, -0.15) is 0 Å². The van der Waals surface area contributed by atoms with E-state index in [2.05, 4.69) is 10.1 Å². The Morgan fingerprint density at radius 2 is 2.14 bits per heavy atom. The van der Waals surface area contributed by atoms with E-state index in [1.165, 1.54) is 7.11 Å². The van der Waals surface area contributed by atoms with Crippen molar-refractivity contribution in [1.29, 1.82) is 0 Å². The highest BCUT2D eigenvalue weighted by Gasteiger charge is 2.08. The van der Waals surface area contributed by atoms with Crippen LogP contribution in [0.1, 0.15) is 18.5 Å². The molecular weight excluding hydrogens is 180 g/mol. The number of ether oxygens (including phenoxy) is 1. The fourth-order valence-electron chi connectivity index (χ4n) is 1.17. The molecule has 0 fully saturated rings. The molecule has 3 N–H and O–H groups in total. The highest BCUT2D eigenvalue weighted by molar-refractivity contribution is 5.85. The van der Waals surface area contributed by atoms with E-state index >= 15 is 0 Å². The molecule has 14 heavy (non-hydrogen) atoms. The first kappa shape index (κ1) is 10.5. The molecule has 1 atom stereocenters. The van der Waals surface area contributed by atoms with Crippen LogP contribution in [0.15, 0.2) is 24.3 Å². The Bertz CT molecular complexity index is 324. The fourth-order valence-corrected chi connectivity index (χ4v) is 1.17. The number of carbonyl (C=O) groups excluding carboxylic acids is 1. The zero-order valence-corrected chi connectivity index (χ0v) is 8.28. The molecule has 1 aromatic rings. The molecule has 4 heteroatoms. The predicted molar refractivity (Wildman–Crippen MR) is 55.1 cm³/mol. The van der Waals surface area contributed by atoms with Gasteiger partial charge in [0.2, 0.25) is 0 Å². The summed E-state index contributed by atoms with van der Waals surface area (Å²) in [6.45, 7) is 1.86. The summed E-state index contributed by atoms with van der Waals surface area (Å²) in [6, 6.07) is 7.24. The molecule has 0 bridgehead atoms. The highest BCUT2D eigenvalue weighted by Crippen LogP contribution is 2.20. The molecule has 1 aromatic carbocycles. The van der Waals surface area contributed by atoms with Crippen molar-refractivity contribution in [2.45, 2.75) is 13.0 Å². The summed E-state index contributed by atoms with van der Waals surface area (Å²) in [5, 5.41) is 2.60. The lowest BCUT2D eigenvalue weighted by Gasteiger charge is -2.12. The molecular formula is C10H14N2O2. The van der Waals surface area contributed by atoms with Crippen molar-refractivity contribution in [1.82, 2.24) is 0 Å². The monoisotopic (exact) mass is 194 g/mol. The first-order chi connectivity index (χ1) is 6.65. The maximum absolute atomic E-state index is 11.0. The maximum Gasteiger partial charge on any atom is 0.411 e. The largest absolute Gasteiger partial charge is 0.453 e. The Kier molecular flexibility index (Phi) is 3.48. The van der Waals surface area contributed by atoms with Gasteiger partial charge in [0, 0.05) is 11.7 Å². The van der Waals surface area contributed by atoms with Crippen LogP contribution in [-0.4, -0.2) is 13.2 Å². The molecule has 4 nitrogen and oxygen atoms in total. The summed E-state index contributed by atoms with van der Waals surface area (Å²) in [5.74, 6) is 0. The van der Waals surface area contributed by atoms with Crippen molar-refractivity contribution in [3.63, 3.8) is 0 Å². The van der Waals surface area contributed by atoms with Gasteiger partial charge in [0.05, 0.1) is 7.11 Å². The van der Waals surface area contributed by atoms with Crippen molar-refractivity contribution in [2.24, 2.45) is 5.73 Å². The molecule has 0 spiro atoms.